The first-order valence-electron chi connectivity index (χ1n) is 9.00. The van der Waals surface area contributed by atoms with Crippen LogP contribution in [0.25, 0.3) is 10.2 Å². The maximum atomic E-state index is 12.1. The number of benzene rings is 1. The first-order valence-corrected chi connectivity index (χ1v) is 11.4. The summed E-state index contributed by atoms with van der Waals surface area (Å²) in [7, 11) is -3.13. The first kappa shape index (κ1) is 15.8. The molecule has 0 unspecified atom stereocenters. The average molecular weight is 379 g/mol. The lowest BCUT2D eigenvalue weighted by Gasteiger charge is -2.34. The molecule has 1 aromatic carbocycles. The summed E-state index contributed by atoms with van der Waals surface area (Å²) in [4.78, 5) is 9.75. The van der Waals surface area contributed by atoms with Crippen LogP contribution in [0.2, 0.25) is 0 Å². The van der Waals surface area contributed by atoms with Crippen LogP contribution in [-0.4, -0.2) is 62.8 Å². The molecule has 2 saturated heterocycles. The van der Waals surface area contributed by atoms with Crippen molar-refractivity contribution in [1.29, 1.82) is 0 Å². The smallest absolute Gasteiger partial charge is 0.235 e. The quantitative estimate of drug-likeness (QED) is 0.819. The van der Waals surface area contributed by atoms with Gasteiger partial charge in [0.1, 0.15) is 0 Å². The molecule has 25 heavy (non-hydrogen) atoms. The van der Waals surface area contributed by atoms with Crippen LogP contribution in [0.5, 0.6) is 0 Å². The topological polar surface area (TPSA) is 56.8 Å². The van der Waals surface area contributed by atoms with Gasteiger partial charge in [0, 0.05) is 38.8 Å². The fourth-order valence-electron chi connectivity index (χ4n) is 3.84. The molecule has 2 aromatic rings. The standard InChI is InChI=1S/C17H22N4O2S2/c22-25(23)11-1-6-21(25)14-4-5-15-16(12-14)24-17(18-15)20-9-7-19(8-10-20)13-2-3-13/h4-5,12-13H,1-3,6-11H2. The number of thiazole rings is 1. The Bertz CT molecular complexity index is 899. The van der Waals surface area contributed by atoms with E-state index in [0.717, 1.165) is 53.3 Å². The summed E-state index contributed by atoms with van der Waals surface area (Å²) in [6, 6.07) is 6.67. The average Bonchev–Trinajstić information content (AvgIpc) is 3.27. The van der Waals surface area contributed by atoms with Crippen molar-refractivity contribution in [2.75, 3.05) is 47.7 Å². The molecular formula is C17H22N4O2S2. The van der Waals surface area contributed by atoms with Gasteiger partial charge in [-0.25, -0.2) is 13.4 Å². The lowest BCUT2D eigenvalue weighted by Crippen LogP contribution is -2.47. The Hall–Kier alpha value is -1.38. The van der Waals surface area contributed by atoms with Gasteiger partial charge in [0.25, 0.3) is 0 Å². The Morgan fingerprint density at radius 1 is 1.08 bits per heavy atom. The minimum absolute atomic E-state index is 0.254. The lowest BCUT2D eigenvalue weighted by molar-refractivity contribution is 0.248. The normalized spacial score (nSPS) is 24.3. The van der Waals surface area contributed by atoms with Crippen molar-refractivity contribution in [3.63, 3.8) is 0 Å². The van der Waals surface area contributed by atoms with Crippen LogP contribution < -0.4 is 9.21 Å². The van der Waals surface area contributed by atoms with E-state index in [9.17, 15) is 8.42 Å². The van der Waals surface area contributed by atoms with Gasteiger partial charge < -0.3 is 4.90 Å². The van der Waals surface area contributed by atoms with Crippen molar-refractivity contribution in [1.82, 2.24) is 9.88 Å². The summed E-state index contributed by atoms with van der Waals surface area (Å²) in [5.41, 5.74) is 1.74. The molecule has 0 atom stereocenters. The van der Waals surface area contributed by atoms with Crippen LogP contribution in [0.3, 0.4) is 0 Å². The van der Waals surface area contributed by atoms with Crippen molar-refractivity contribution in [3.05, 3.63) is 18.2 Å². The highest BCUT2D eigenvalue weighted by atomic mass is 32.2. The van der Waals surface area contributed by atoms with E-state index in [-0.39, 0.29) is 5.75 Å². The van der Waals surface area contributed by atoms with Gasteiger partial charge in [0.05, 0.1) is 21.7 Å². The first-order chi connectivity index (χ1) is 12.1. The highest BCUT2D eigenvalue weighted by Crippen LogP contribution is 2.35. The predicted octanol–water partition coefficient (Wildman–Crippen LogP) is 2.12. The zero-order valence-corrected chi connectivity index (χ0v) is 15.7. The molecule has 0 amide bonds. The van der Waals surface area contributed by atoms with E-state index >= 15 is 0 Å². The van der Waals surface area contributed by atoms with E-state index in [1.165, 1.54) is 12.8 Å². The monoisotopic (exact) mass is 378 g/mol. The Morgan fingerprint density at radius 3 is 2.56 bits per heavy atom. The fraction of sp³-hybridized carbons (Fsp3) is 0.588. The van der Waals surface area contributed by atoms with Crippen LogP contribution in [0.4, 0.5) is 10.8 Å². The second kappa shape index (κ2) is 5.82. The molecule has 3 fully saturated rings. The van der Waals surface area contributed by atoms with Gasteiger partial charge in [-0.15, -0.1) is 0 Å². The number of aromatic nitrogens is 1. The van der Waals surface area contributed by atoms with Crippen molar-refractivity contribution in [2.24, 2.45) is 0 Å². The van der Waals surface area contributed by atoms with Crippen molar-refractivity contribution in [3.8, 4) is 0 Å². The second-order valence-corrected chi connectivity index (χ2v) is 10.2. The summed E-state index contributed by atoms with van der Waals surface area (Å²) < 4.78 is 26.9. The van der Waals surface area contributed by atoms with Crippen LogP contribution in [0.1, 0.15) is 19.3 Å². The molecule has 0 bridgehead atoms. The van der Waals surface area contributed by atoms with Crippen LogP contribution >= 0.6 is 11.3 Å². The molecule has 3 heterocycles. The molecule has 1 aliphatic carbocycles. The van der Waals surface area contributed by atoms with Gasteiger partial charge in [0.2, 0.25) is 10.0 Å². The molecule has 134 valence electrons. The largest absolute Gasteiger partial charge is 0.345 e. The summed E-state index contributed by atoms with van der Waals surface area (Å²) in [5.74, 6) is 0.254. The summed E-state index contributed by atoms with van der Waals surface area (Å²) >= 11 is 1.68. The molecule has 3 aliphatic rings. The van der Waals surface area contributed by atoms with E-state index in [4.69, 9.17) is 4.98 Å². The molecule has 5 rings (SSSR count). The van der Waals surface area contributed by atoms with E-state index in [2.05, 4.69) is 9.80 Å². The Morgan fingerprint density at radius 2 is 1.88 bits per heavy atom. The van der Waals surface area contributed by atoms with Gasteiger partial charge in [0.15, 0.2) is 5.13 Å². The molecule has 6 nitrogen and oxygen atoms in total. The molecule has 2 aliphatic heterocycles. The van der Waals surface area contributed by atoms with E-state index in [1.54, 1.807) is 15.6 Å². The van der Waals surface area contributed by atoms with Crippen LogP contribution in [0, 0.1) is 0 Å². The summed E-state index contributed by atoms with van der Waals surface area (Å²) in [6.45, 7) is 4.89. The van der Waals surface area contributed by atoms with Gasteiger partial charge in [-0.2, -0.15) is 0 Å². The van der Waals surface area contributed by atoms with Crippen molar-refractivity contribution in [2.45, 2.75) is 25.3 Å². The van der Waals surface area contributed by atoms with Crippen molar-refractivity contribution < 1.29 is 8.42 Å². The highest BCUT2D eigenvalue weighted by molar-refractivity contribution is 7.93. The molecule has 0 N–H and O–H groups in total. The number of anilines is 2. The highest BCUT2D eigenvalue weighted by Gasteiger charge is 2.32. The minimum Gasteiger partial charge on any atom is -0.345 e. The van der Waals surface area contributed by atoms with Gasteiger partial charge in [-0.1, -0.05) is 11.3 Å². The molecule has 0 radical (unpaired) electrons. The number of hydrogen-bond donors (Lipinski definition) is 0. The van der Waals surface area contributed by atoms with E-state index in [1.807, 2.05) is 18.2 Å². The van der Waals surface area contributed by atoms with Gasteiger partial charge in [-0.3, -0.25) is 9.21 Å². The predicted molar refractivity (Wildman–Crippen MR) is 102 cm³/mol. The maximum Gasteiger partial charge on any atom is 0.235 e. The number of piperazine rings is 1. The molecule has 1 aromatic heterocycles. The van der Waals surface area contributed by atoms with Gasteiger partial charge >= 0.3 is 0 Å². The zero-order valence-electron chi connectivity index (χ0n) is 14.1. The number of sulfonamides is 1. The van der Waals surface area contributed by atoms with E-state index in [0.29, 0.717) is 13.0 Å². The summed E-state index contributed by atoms with van der Waals surface area (Å²) in [6.07, 6.45) is 3.44. The number of fused-ring (bicyclic) bond motifs is 1. The summed E-state index contributed by atoms with van der Waals surface area (Å²) in [5, 5.41) is 1.06. The number of rotatable bonds is 3. The zero-order chi connectivity index (χ0) is 17.0. The fourth-order valence-corrected chi connectivity index (χ4v) is 6.45. The van der Waals surface area contributed by atoms with Crippen LogP contribution in [-0.2, 0) is 10.0 Å². The third-order valence-corrected chi connectivity index (χ3v) is 8.34. The van der Waals surface area contributed by atoms with Crippen molar-refractivity contribution >= 4 is 42.4 Å². The molecule has 1 saturated carbocycles. The SMILES string of the molecule is O=S1(=O)CCCN1c1ccc2nc(N3CCN(C4CC4)CC3)sc2c1. The number of nitrogens with zero attached hydrogens (tertiary/aromatic N) is 4. The molecular weight excluding hydrogens is 356 g/mol. The third-order valence-electron chi connectivity index (χ3n) is 5.40. The van der Waals surface area contributed by atoms with E-state index < -0.39 is 10.0 Å². The molecule has 8 heteroatoms. The minimum atomic E-state index is -3.13. The Balaban J connectivity index is 1.38. The van der Waals surface area contributed by atoms with Crippen LogP contribution in [0.15, 0.2) is 18.2 Å². The van der Waals surface area contributed by atoms with Gasteiger partial charge in [-0.05, 0) is 37.5 Å². The third kappa shape index (κ3) is 2.90. The lowest BCUT2D eigenvalue weighted by atomic mass is 10.3. The Labute approximate surface area is 152 Å². The Kier molecular flexibility index (Phi) is 3.69. The molecule has 0 spiro atoms. The number of hydrogen-bond acceptors (Lipinski definition) is 6. The second-order valence-electron chi connectivity index (χ2n) is 7.14. The maximum absolute atomic E-state index is 12.1.